The number of halogens is 1. The normalized spacial score (nSPS) is 13.5. The highest BCUT2D eigenvalue weighted by Gasteiger charge is 2.25. The van der Waals surface area contributed by atoms with Crippen LogP contribution in [0.3, 0.4) is 0 Å². The van der Waals surface area contributed by atoms with Crippen LogP contribution in [0.4, 0.5) is 10.2 Å². The smallest absolute Gasteiger partial charge is 0.254 e. The number of carbonyl (C=O) groups excluding carboxylic acids is 2. The molecule has 0 unspecified atom stereocenters. The van der Waals surface area contributed by atoms with Crippen LogP contribution < -0.4 is 14.4 Å². The maximum Gasteiger partial charge on any atom is 0.254 e. The fourth-order valence-corrected chi connectivity index (χ4v) is 4.71. The number of benzene rings is 2. The number of ether oxygens (including phenoxy) is 2. The van der Waals surface area contributed by atoms with Gasteiger partial charge in [0.15, 0.2) is 17.3 Å². The average Bonchev–Trinajstić information content (AvgIpc) is 3.25. The third-order valence-corrected chi connectivity index (χ3v) is 6.97. The van der Waals surface area contributed by atoms with Crippen molar-refractivity contribution in [2.24, 2.45) is 0 Å². The van der Waals surface area contributed by atoms with Crippen LogP contribution in [0.15, 0.2) is 54.6 Å². The van der Waals surface area contributed by atoms with Gasteiger partial charge in [-0.25, -0.2) is 4.39 Å². The van der Waals surface area contributed by atoms with Crippen molar-refractivity contribution in [2.75, 3.05) is 58.4 Å². The monoisotopic (exact) mass is 549 g/mol. The van der Waals surface area contributed by atoms with Gasteiger partial charge >= 0.3 is 0 Å². The third-order valence-electron chi connectivity index (χ3n) is 6.97. The van der Waals surface area contributed by atoms with Crippen molar-refractivity contribution in [1.82, 2.24) is 20.0 Å². The van der Waals surface area contributed by atoms with E-state index in [1.54, 1.807) is 25.2 Å². The van der Waals surface area contributed by atoms with Gasteiger partial charge in [0.1, 0.15) is 12.4 Å². The summed E-state index contributed by atoms with van der Waals surface area (Å²) in [5.41, 5.74) is 1.83. The summed E-state index contributed by atoms with van der Waals surface area (Å²) >= 11 is 0. The Morgan fingerprint density at radius 2 is 1.77 bits per heavy atom. The maximum atomic E-state index is 13.7. The summed E-state index contributed by atoms with van der Waals surface area (Å²) in [6.07, 6.45) is 2.41. The lowest BCUT2D eigenvalue weighted by atomic mass is 10.1. The number of rotatable bonds is 10. The zero-order chi connectivity index (χ0) is 28.5. The first-order chi connectivity index (χ1) is 19.4. The van der Waals surface area contributed by atoms with Crippen LogP contribution >= 0.6 is 0 Å². The molecular formula is C30H36FN5O4. The van der Waals surface area contributed by atoms with Crippen molar-refractivity contribution in [3.05, 3.63) is 66.0 Å². The molecule has 3 aromatic rings. The zero-order valence-corrected chi connectivity index (χ0v) is 23.3. The number of hydrogen-bond donors (Lipinski definition) is 0. The molecule has 9 nitrogen and oxygen atoms in total. The van der Waals surface area contributed by atoms with Gasteiger partial charge in [0.05, 0.1) is 19.9 Å². The SMILES string of the molecule is CCCCN(CC(=O)N1CCCN(c2ccc(-c3ccc(OC)c(OC)c3)nn2)CC1)C(=O)c1cccc(F)c1. The standard InChI is InChI=1S/C30H36FN5O4/c1-4-5-14-36(30(38)23-8-6-9-24(31)19-23)21-29(37)35-16-7-15-34(17-18-35)28-13-11-25(32-33-28)22-10-12-26(39-2)27(20-22)40-3/h6,8-13,19-20H,4-5,7,14-18,21H2,1-3H3. The molecule has 0 saturated carbocycles. The summed E-state index contributed by atoms with van der Waals surface area (Å²) in [6.45, 7) is 4.86. The molecule has 2 amide bonds. The molecule has 2 heterocycles. The molecule has 0 spiro atoms. The van der Waals surface area contributed by atoms with Gasteiger partial charge in [-0.3, -0.25) is 9.59 Å². The molecule has 40 heavy (non-hydrogen) atoms. The van der Waals surface area contributed by atoms with Gasteiger partial charge in [0.2, 0.25) is 5.91 Å². The van der Waals surface area contributed by atoms with Gasteiger partial charge in [-0.2, -0.15) is 0 Å². The molecule has 1 fully saturated rings. The van der Waals surface area contributed by atoms with Crippen molar-refractivity contribution in [3.8, 4) is 22.8 Å². The summed E-state index contributed by atoms with van der Waals surface area (Å²) in [5, 5.41) is 8.87. The first-order valence-electron chi connectivity index (χ1n) is 13.6. The number of carbonyl (C=O) groups is 2. The molecule has 1 aliphatic rings. The Labute approximate surface area is 234 Å². The molecule has 0 atom stereocenters. The number of hydrogen-bond acceptors (Lipinski definition) is 7. The first kappa shape index (κ1) is 28.8. The molecule has 212 valence electrons. The number of anilines is 1. The van der Waals surface area contributed by atoms with Crippen LogP contribution in [0.25, 0.3) is 11.3 Å². The van der Waals surface area contributed by atoms with E-state index in [2.05, 4.69) is 15.1 Å². The molecule has 0 aliphatic carbocycles. The molecule has 1 aliphatic heterocycles. The van der Waals surface area contributed by atoms with E-state index in [0.717, 1.165) is 37.2 Å². The van der Waals surface area contributed by atoms with Crippen LogP contribution in [0.5, 0.6) is 11.5 Å². The summed E-state index contributed by atoms with van der Waals surface area (Å²) in [5.74, 6) is 1.09. The lowest BCUT2D eigenvalue weighted by molar-refractivity contribution is -0.131. The first-order valence-corrected chi connectivity index (χ1v) is 13.6. The minimum absolute atomic E-state index is 0.0326. The number of methoxy groups -OCH3 is 2. The Morgan fingerprint density at radius 1 is 0.950 bits per heavy atom. The van der Waals surface area contributed by atoms with Crippen LogP contribution in [0.2, 0.25) is 0 Å². The fourth-order valence-electron chi connectivity index (χ4n) is 4.71. The lowest BCUT2D eigenvalue weighted by Crippen LogP contribution is -2.44. The van der Waals surface area contributed by atoms with E-state index in [4.69, 9.17) is 9.47 Å². The number of nitrogens with zero attached hydrogens (tertiary/aromatic N) is 5. The molecule has 1 aromatic heterocycles. The van der Waals surface area contributed by atoms with Gasteiger partial charge in [-0.1, -0.05) is 19.4 Å². The number of aromatic nitrogens is 2. The Bertz CT molecular complexity index is 1300. The molecule has 4 rings (SSSR count). The van der Waals surface area contributed by atoms with Crippen molar-refractivity contribution >= 4 is 17.6 Å². The minimum atomic E-state index is -0.472. The highest BCUT2D eigenvalue weighted by Crippen LogP contribution is 2.31. The van der Waals surface area contributed by atoms with E-state index in [1.165, 1.54) is 23.1 Å². The predicted molar refractivity (Wildman–Crippen MR) is 151 cm³/mol. The fraction of sp³-hybridized carbons (Fsp3) is 0.400. The highest BCUT2D eigenvalue weighted by atomic mass is 19.1. The summed E-state index contributed by atoms with van der Waals surface area (Å²) < 4.78 is 24.4. The van der Waals surface area contributed by atoms with Crippen molar-refractivity contribution in [1.29, 1.82) is 0 Å². The van der Waals surface area contributed by atoms with E-state index in [9.17, 15) is 14.0 Å². The van der Waals surface area contributed by atoms with Crippen LogP contribution in [-0.2, 0) is 4.79 Å². The van der Waals surface area contributed by atoms with Crippen molar-refractivity contribution in [3.63, 3.8) is 0 Å². The average molecular weight is 550 g/mol. The van der Waals surface area contributed by atoms with Gasteiger partial charge < -0.3 is 24.2 Å². The second-order valence-corrected chi connectivity index (χ2v) is 9.66. The summed E-state index contributed by atoms with van der Waals surface area (Å²) in [7, 11) is 3.19. The second kappa shape index (κ2) is 13.7. The molecule has 2 aromatic carbocycles. The zero-order valence-electron chi connectivity index (χ0n) is 23.3. The van der Waals surface area contributed by atoms with Crippen molar-refractivity contribution in [2.45, 2.75) is 26.2 Å². The number of unbranched alkanes of at least 4 members (excludes halogenated alkanes) is 1. The van der Waals surface area contributed by atoms with Crippen LogP contribution in [0, 0.1) is 5.82 Å². The Kier molecular flexibility index (Phi) is 9.88. The van der Waals surface area contributed by atoms with E-state index in [-0.39, 0.29) is 23.9 Å². The molecule has 0 radical (unpaired) electrons. The molecule has 0 bridgehead atoms. The topological polar surface area (TPSA) is 88.1 Å². The van der Waals surface area contributed by atoms with Crippen LogP contribution in [0.1, 0.15) is 36.5 Å². The Balaban J connectivity index is 1.39. The van der Waals surface area contributed by atoms with Crippen LogP contribution in [-0.4, -0.2) is 85.3 Å². The predicted octanol–water partition coefficient (Wildman–Crippen LogP) is 4.28. The van der Waals surface area contributed by atoms with E-state index in [1.807, 2.05) is 37.3 Å². The summed E-state index contributed by atoms with van der Waals surface area (Å²) in [4.78, 5) is 31.8. The van der Waals surface area contributed by atoms with E-state index in [0.29, 0.717) is 43.4 Å². The number of amides is 2. The summed E-state index contributed by atoms with van der Waals surface area (Å²) in [6, 6.07) is 15.1. The second-order valence-electron chi connectivity index (χ2n) is 9.66. The molecule has 1 saturated heterocycles. The van der Waals surface area contributed by atoms with E-state index < -0.39 is 5.82 Å². The maximum absolute atomic E-state index is 13.7. The van der Waals surface area contributed by atoms with Gasteiger partial charge in [-0.05, 0) is 61.4 Å². The largest absolute Gasteiger partial charge is 0.493 e. The Hall–Kier alpha value is -4.21. The molecular weight excluding hydrogens is 513 g/mol. The van der Waals surface area contributed by atoms with E-state index >= 15 is 0 Å². The quantitative estimate of drug-likeness (QED) is 0.373. The third kappa shape index (κ3) is 7.05. The minimum Gasteiger partial charge on any atom is -0.493 e. The molecule has 10 heteroatoms. The Morgan fingerprint density at radius 3 is 2.48 bits per heavy atom. The lowest BCUT2D eigenvalue weighted by Gasteiger charge is -2.27. The highest BCUT2D eigenvalue weighted by molar-refractivity contribution is 5.96. The van der Waals surface area contributed by atoms with Gasteiger partial charge in [-0.15, -0.1) is 10.2 Å². The van der Waals surface area contributed by atoms with Gasteiger partial charge in [0.25, 0.3) is 5.91 Å². The molecule has 0 N–H and O–H groups in total. The van der Waals surface area contributed by atoms with Gasteiger partial charge in [0, 0.05) is 43.9 Å². The van der Waals surface area contributed by atoms with Crippen molar-refractivity contribution < 1.29 is 23.5 Å².